The number of imide groups is 2. The number of benzene rings is 2. The zero-order chi connectivity index (χ0) is 48.7. The van der Waals surface area contributed by atoms with E-state index < -0.39 is 45.5 Å². The van der Waals surface area contributed by atoms with Crippen LogP contribution in [0.3, 0.4) is 0 Å². The van der Waals surface area contributed by atoms with E-state index in [0.717, 1.165) is 11.2 Å². The smallest absolute Gasteiger partial charge is 0.264 e. The van der Waals surface area contributed by atoms with Crippen molar-refractivity contribution in [3.63, 3.8) is 0 Å². The molecule has 5 amide bonds. The van der Waals surface area contributed by atoms with Crippen LogP contribution in [0.1, 0.15) is 72.5 Å². The standard InChI is InChI=1S/C43H49ClFN13O9S/c1-24(2)57-23-30(39(53-57)29-18-26(44)19-33(38(29)45)54-68(4,64)65)31-10-12-46-43(50-31)48-20-25(3)49-36(60)11-14-66-16-17-67-15-13-56-22-27(52-55-56)21-47-32-7-5-6-28-37(32)42(63)58(41(28)62)34-8-9-35(59)51-40(34)61/h5-7,10,12,18-19,22-25,34,47,54H,8-9,11,13-17,20-21H2,1-4H3,(H,49,60)(H,46,48,50)(H,51,59,61)/t25-,34?/m0/s1. The normalized spacial score (nSPS) is 15.4. The molecule has 68 heavy (non-hydrogen) atoms. The van der Waals surface area contributed by atoms with Crippen molar-refractivity contribution in [2.75, 3.05) is 54.6 Å². The number of sulfonamides is 1. The molecule has 25 heteroatoms. The number of anilines is 3. The molecular formula is C43H49ClFN13O9S. The Labute approximate surface area is 394 Å². The van der Waals surface area contributed by atoms with Crippen molar-refractivity contribution in [1.82, 2.24) is 50.3 Å². The van der Waals surface area contributed by atoms with Crippen molar-refractivity contribution in [3.8, 4) is 22.5 Å². The number of aromatic nitrogens is 7. The highest BCUT2D eigenvalue weighted by molar-refractivity contribution is 7.92. The number of piperidine rings is 1. The molecule has 2 aliphatic heterocycles. The number of fused-ring (bicyclic) bond motifs is 1. The molecule has 1 saturated heterocycles. The second-order valence-corrected chi connectivity index (χ2v) is 18.4. The molecule has 5 N–H and O–H groups in total. The quantitative estimate of drug-likeness (QED) is 0.0491. The minimum atomic E-state index is -3.81. The minimum Gasteiger partial charge on any atom is -0.379 e. The lowest BCUT2D eigenvalue weighted by atomic mass is 10.0. The number of amides is 5. The number of carbonyl (C=O) groups excluding carboxylic acids is 5. The van der Waals surface area contributed by atoms with Crippen molar-refractivity contribution < 1.29 is 46.3 Å². The summed E-state index contributed by atoms with van der Waals surface area (Å²) in [5, 5.41) is 24.3. The molecule has 2 atom stereocenters. The van der Waals surface area contributed by atoms with Gasteiger partial charge in [-0.25, -0.2) is 27.5 Å². The maximum Gasteiger partial charge on any atom is 0.264 e. The average Bonchev–Trinajstić information content (AvgIpc) is 4.01. The molecule has 3 aromatic heterocycles. The fourth-order valence-corrected chi connectivity index (χ4v) is 8.10. The van der Waals surface area contributed by atoms with E-state index >= 15 is 4.39 Å². The van der Waals surface area contributed by atoms with Gasteiger partial charge in [-0.15, -0.1) is 5.10 Å². The predicted molar refractivity (Wildman–Crippen MR) is 245 cm³/mol. The van der Waals surface area contributed by atoms with Crippen molar-refractivity contribution in [3.05, 3.63) is 82.6 Å². The third-order valence-electron chi connectivity index (χ3n) is 10.6. The number of hydrogen-bond acceptors (Lipinski definition) is 16. The van der Waals surface area contributed by atoms with E-state index in [2.05, 4.69) is 51.4 Å². The van der Waals surface area contributed by atoms with Crippen LogP contribution in [0, 0.1) is 5.82 Å². The van der Waals surface area contributed by atoms with Gasteiger partial charge in [0.2, 0.25) is 33.7 Å². The van der Waals surface area contributed by atoms with Crippen LogP contribution in [0.5, 0.6) is 0 Å². The van der Waals surface area contributed by atoms with Gasteiger partial charge in [0.1, 0.15) is 17.4 Å². The number of halogens is 2. The topological polar surface area (TPSA) is 276 Å². The fourth-order valence-electron chi connectivity index (χ4n) is 7.34. The van der Waals surface area contributed by atoms with Crippen LogP contribution in [0.2, 0.25) is 5.02 Å². The van der Waals surface area contributed by atoms with Gasteiger partial charge in [-0.1, -0.05) is 22.9 Å². The van der Waals surface area contributed by atoms with Crippen LogP contribution in [0.4, 0.5) is 21.7 Å². The summed E-state index contributed by atoms with van der Waals surface area (Å²) in [6.45, 7) is 7.50. The first-order chi connectivity index (χ1) is 32.4. The predicted octanol–water partition coefficient (Wildman–Crippen LogP) is 3.40. The Bertz CT molecular complexity index is 2840. The first-order valence-corrected chi connectivity index (χ1v) is 23.8. The van der Waals surface area contributed by atoms with Gasteiger partial charge >= 0.3 is 0 Å². The summed E-state index contributed by atoms with van der Waals surface area (Å²) in [5.74, 6) is -3.17. The van der Waals surface area contributed by atoms with E-state index in [0.29, 0.717) is 35.8 Å². The first kappa shape index (κ1) is 49.0. The number of carbonyl (C=O) groups is 5. The zero-order valence-corrected chi connectivity index (χ0v) is 39.0. The van der Waals surface area contributed by atoms with Crippen LogP contribution in [0.25, 0.3) is 22.5 Å². The van der Waals surface area contributed by atoms with Gasteiger partial charge in [0.15, 0.2) is 5.82 Å². The Morgan fingerprint density at radius 2 is 1.75 bits per heavy atom. The van der Waals surface area contributed by atoms with E-state index in [4.69, 9.17) is 21.1 Å². The molecule has 0 spiro atoms. The summed E-state index contributed by atoms with van der Waals surface area (Å²) in [7, 11) is -3.81. The van der Waals surface area contributed by atoms with E-state index in [1.807, 2.05) is 20.8 Å². The molecule has 2 aliphatic rings. The van der Waals surface area contributed by atoms with Gasteiger partial charge in [-0.2, -0.15) is 5.10 Å². The van der Waals surface area contributed by atoms with Crippen LogP contribution < -0.4 is 26.0 Å². The second-order valence-electron chi connectivity index (χ2n) is 16.2. The maximum absolute atomic E-state index is 15.8. The van der Waals surface area contributed by atoms with Crippen molar-refractivity contribution in [2.45, 2.75) is 71.2 Å². The molecule has 0 saturated carbocycles. The average molecular weight is 978 g/mol. The Kier molecular flexibility index (Phi) is 15.4. The molecule has 22 nitrogen and oxygen atoms in total. The molecule has 1 fully saturated rings. The van der Waals surface area contributed by atoms with Gasteiger partial charge < -0.3 is 25.4 Å². The van der Waals surface area contributed by atoms with Crippen LogP contribution in [-0.2, 0) is 47.0 Å². The summed E-state index contributed by atoms with van der Waals surface area (Å²) in [6, 6.07) is 7.50. The van der Waals surface area contributed by atoms with E-state index in [1.165, 1.54) is 24.4 Å². The Morgan fingerprint density at radius 1 is 0.971 bits per heavy atom. The number of nitrogens with zero attached hydrogens (tertiary/aromatic N) is 8. The molecule has 0 bridgehead atoms. The number of nitrogens with one attached hydrogen (secondary N) is 5. The van der Waals surface area contributed by atoms with Gasteiger partial charge in [0.25, 0.3) is 11.8 Å². The lowest BCUT2D eigenvalue weighted by Gasteiger charge is -2.27. The summed E-state index contributed by atoms with van der Waals surface area (Å²) >= 11 is 6.29. The zero-order valence-electron chi connectivity index (χ0n) is 37.4. The molecule has 5 heterocycles. The highest BCUT2D eigenvalue weighted by Gasteiger charge is 2.45. The Morgan fingerprint density at radius 3 is 2.50 bits per heavy atom. The van der Waals surface area contributed by atoms with Gasteiger partial charge in [-0.3, -0.25) is 43.6 Å². The Balaban J connectivity index is 0.801. The highest BCUT2D eigenvalue weighted by atomic mass is 35.5. The highest BCUT2D eigenvalue weighted by Crippen LogP contribution is 2.37. The van der Waals surface area contributed by atoms with E-state index in [-0.39, 0.29) is 109 Å². The molecule has 1 unspecified atom stereocenters. The third kappa shape index (κ3) is 12.0. The SMILES string of the molecule is CC(C)n1cc(-c2ccnc(NC[C@H](C)NC(=O)CCOCCOCCn3cc(CNc4cccc5c4C(=O)N(C4CCC(=O)NC4=O)C5=O)nn3)n2)c(-c2cc(Cl)cc(NS(C)(=O)=O)c2F)n1. The lowest BCUT2D eigenvalue weighted by molar-refractivity contribution is -0.136. The van der Waals surface area contributed by atoms with Gasteiger partial charge in [0.05, 0.1) is 74.5 Å². The molecule has 7 rings (SSSR count). The fraction of sp³-hybridized carbons (Fsp3) is 0.395. The molecule has 2 aromatic carbocycles. The first-order valence-electron chi connectivity index (χ1n) is 21.5. The molecule has 0 aliphatic carbocycles. The van der Waals surface area contributed by atoms with Crippen LogP contribution >= 0.6 is 11.6 Å². The second kappa shape index (κ2) is 21.4. The number of rotatable bonds is 22. The molecule has 5 aromatic rings. The van der Waals surface area contributed by atoms with Gasteiger partial charge in [-0.05, 0) is 57.5 Å². The summed E-state index contributed by atoms with van der Waals surface area (Å²) in [4.78, 5) is 73.0. The molecule has 360 valence electrons. The van der Waals surface area contributed by atoms with Crippen molar-refractivity contribution in [2.24, 2.45) is 0 Å². The van der Waals surface area contributed by atoms with Gasteiger partial charge in [0, 0.05) is 65.7 Å². The number of hydrogen-bond donors (Lipinski definition) is 5. The summed E-state index contributed by atoms with van der Waals surface area (Å²) < 4.78 is 56.2. The minimum absolute atomic E-state index is 0.0239. The van der Waals surface area contributed by atoms with E-state index in [9.17, 15) is 32.4 Å². The van der Waals surface area contributed by atoms with Crippen molar-refractivity contribution >= 4 is 68.5 Å². The monoisotopic (exact) mass is 977 g/mol. The maximum atomic E-state index is 15.8. The van der Waals surface area contributed by atoms with Crippen molar-refractivity contribution in [1.29, 1.82) is 0 Å². The van der Waals surface area contributed by atoms with Crippen LogP contribution in [-0.4, -0.2) is 129 Å². The largest absolute Gasteiger partial charge is 0.379 e. The summed E-state index contributed by atoms with van der Waals surface area (Å²) in [5.41, 5.74) is 1.99. The third-order valence-corrected chi connectivity index (χ3v) is 11.4. The Hall–Kier alpha value is -6.89. The molecular weight excluding hydrogens is 929 g/mol. The lowest BCUT2D eigenvalue weighted by Crippen LogP contribution is -2.54. The van der Waals surface area contributed by atoms with E-state index in [1.54, 1.807) is 40.0 Å². The number of ether oxygens (including phenoxy) is 2. The summed E-state index contributed by atoms with van der Waals surface area (Å²) in [6.07, 6.45) is 6.06. The molecule has 0 radical (unpaired) electrons. The van der Waals surface area contributed by atoms with Crippen LogP contribution in [0.15, 0.2) is 55.0 Å².